The van der Waals surface area contributed by atoms with Crippen molar-refractivity contribution in [2.75, 3.05) is 0 Å². The van der Waals surface area contributed by atoms with Gasteiger partial charge in [0.25, 0.3) is 0 Å². The van der Waals surface area contributed by atoms with Crippen LogP contribution in [0.25, 0.3) is 0 Å². The van der Waals surface area contributed by atoms with Gasteiger partial charge in [0.2, 0.25) is 0 Å². The quantitative estimate of drug-likeness (QED) is 0.655. The topological polar surface area (TPSA) is 17.1 Å². The maximum absolute atomic E-state index is 12.0. The average molecular weight is 182 g/mol. The van der Waals surface area contributed by atoms with Crippen LogP contribution in [-0.4, -0.2) is 12.0 Å². The van der Waals surface area contributed by atoms with Gasteiger partial charge in [-0.3, -0.25) is 0 Å². The van der Waals surface area contributed by atoms with E-state index in [1.165, 1.54) is 13.8 Å². The molecule has 0 fully saturated rings. The molecular formula is C8H13F3O. The van der Waals surface area contributed by atoms with Gasteiger partial charge in [-0.05, 0) is 12.8 Å². The summed E-state index contributed by atoms with van der Waals surface area (Å²) in [5, 5.41) is 0. The number of hydrogen-bond acceptors (Lipinski definition) is 1. The molecule has 0 bridgehead atoms. The van der Waals surface area contributed by atoms with Crippen LogP contribution in [0.4, 0.5) is 13.2 Å². The zero-order valence-electron chi connectivity index (χ0n) is 7.40. The fourth-order valence-corrected chi connectivity index (χ4v) is 0.953. The summed E-state index contributed by atoms with van der Waals surface area (Å²) in [6, 6.07) is 0. The molecule has 0 radical (unpaired) electrons. The first-order valence-electron chi connectivity index (χ1n) is 3.81. The first kappa shape index (κ1) is 11.5. The van der Waals surface area contributed by atoms with Crippen LogP contribution in [-0.2, 0) is 4.79 Å². The standard InChI is InChI=1S/C8H13F3O/c1-5(4-6(2)12)7(3)8(9,10)11/h5,7H,4H2,1-3H3. The number of Topliss-reactive ketones (excluding diaryl/α,β-unsaturated/α-hetero) is 1. The number of carbonyl (C=O) groups excluding carboxylic acids is 1. The van der Waals surface area contributed by atoms with Crippen molar-refractivity contribution in [2.24, 2.45) is 11.8 Å². The van der Waals surface area contributed by atoms with Gasteiger partial charge < -0.3 is 4.79 Å². The maximum atomic E-state index is 12.0. The van der Waals surface area contributed by atoms with Gasteiger partial charge in [-0.15, -0.1) is 0 Å². The van der Waals surface area contributed by atoms with E-state index in [9.17, 15) is 18.0 Å². The van der Waals surface area contributed by atoms with Crippen molar-refractivity contribution in [3.63, 3.8) is 0 Å². The first-order valence-corrected chi connectivity index (χ1v) is 3.81. The van der Waals surface area contributed by atoms with Crippen LogP contribution in [0, 0.1) is 11.8 Å². The minimum absolute atomic E-state index is 0.000671. The third kappa shape index (κ3) is 3.74. The number of ketones is 1. The molecule has 0 spiro atoms. The zero-order valence-corrected chi connectivity index (χ0v) is 7.40. The highest BCUT2D eigenvalue weighted by Crippen LogP contribution is 2.32. The van der Waals surface area contributed by atoms with Crippen LogP contribution in [0.1, 0.15) is 27.2 Å². The van der Waals surface area contributed by atoms with Gasteiger partial charge >= 0.3 is 6.18 Å². The molecule has 0 aliphatic rings. The third-order valence-corrected chi connectivity index (χ3v) is 1.98. The van der Waals surface area contributed by atoms with Crippen molar-refractivity contribution in [3.05, 3.63) is 0 Å². The third-order valence-electron chi connectivity index (χ3n) is 1.98. The normalized spacial score (nSPS) is 17.2. The number of hydrogen-bond donors (Lipinski definition) is 0. The molecule has 0 heterocycles. The summed E-state index contributed by atoms with van der Waals surface area (Å²) in [6.45, 7) is 3.85. The van der Waals surface area contributed by atoms with Crippen molar-refractivity contribution in [3.8, 4) is 0 Å². The number of rotatable bonds is 3. The van der Waals surface area contributed by atoms with Gasteiger partial charge in [0, 0.05) is 6.42 Å². The van der Waals surface area contributed by atoms with E-state index in [1.807, 2.05) is 0 Å². The summed E-state index contributed by atoms with van der Waals surface area (Å²) in [7, 11) is 0. The molecule has 72 valence electrons. The largest absolute Gasteiger partial charge is 0.391 e. The Balaban J connectivity index is 4.10. The molecule has 0 aromatic carbocycles. The molecule has 0 aliphatic carbocycles. The van der Waals surface area contributed by atoms with Crippen LogP contribution in [0.15, 0.2) is 0 Å². The highest BCUT2D eigenvalue weighted by atomic mass is 19.4. The second-order valence-corrected chi connectivity index (χ2v) is 3.21. The van der Waals surface area contributed by atoms with Crippen LogP contribution in [0.5, 0.6) is 0 Å². The minimum Gasteiger partial charge on any atom is -0.300 e. The fourth-order valence-electron chi connectivity index (χ4n) is 0.953. The molecule has 0 aromatic heterocycles. The van der Waals surface area contributed by atoms with Gasteiger partial charge in [-0.25, -0.2) is 0 Å². The smallest absolute Gasteiger partial charge is 0.300 e. The molecule has 0 rings (SSSR count). The molecule has 0 saturated carbocycles. The molecule has 0 amide bonds. The van der Waals surface area contributed by atoms with Crippen molar-refractivity contribution < 1.29 is 18.0 Å². The monoisotopic (exact) mass is 182 g/mol. The van der Waals surface area contributed by atoms with Crippen molar-refractivity contribution in [2.45, 2.75) is 33.4 Å². The summed E-state index contributed by atoms with van der Waals surface area (Å²) in [5.41, 5.74) is 0. The Labute approximate surface area is 70.0 Å². The molecule has 0 saturated heterocycles. The Morgan fingerprint density at radius 3 is 2.00 bits per heavy atom. The highest BCUT2D eigenvalue weighted by Gasteiger charge is 2.39. The summed E-state index contributed by atoms with van der Waals surface area (Å²) in [4.78, 5) is 10.5. The van der Waals surface area contributed by atoms with Gasteiger partial charge in [-0.1, -0.05) is 13.8 Å². The van der Waals surface area contributed by atoms with Crippen LogP contribution < -0.4 is 0 Å². The Kier molecular flexibility index (Phi) is 3.74. The van der Waals surface area contributed by atoms with Crippen LogP contribution >= 0.6 is 0 Å². The van der Waals surface area contributed by atoms with E-state index in [1.54, 1.807) is 0 Å². The Hall–Kier alpha value is -0.540. The molecular weight excluding hydrogens is 169 g/mol. The summed E-state index contributed by atoms with van der Waals surface area (Å²) in [5.74, 6) is -2.22. The maximum Gasteiger partial charge on any atom is 0.391 e. The predicted molar refractivity (Wildman–Crippen MR) is 39.7 cm³/mol. The summed E-state index contributed by atoms with van der Waals surface area (Å²) in [6.07, 6.45) is -4.18. The lowest BCUT2D eigenvalue weighted by Gasteiger charge is -2.21. The minimum atomic E-state index is -4.19. The van der Waals surface area contributed by atoms with Gasteiger partial charge in [-0.2, -0.15) is 13.2 Å². The van der Waals surface area contributed by atoms with Gasteiger partial charge in [0.1, 0.15) is 5.78 Å². The van der Waals surface area contributed by atoms with Gasteiger partial charge in [0.05, 0.1) is 5.92 Å². The Morgan fingerprint density at radius 2 is 1.75 bits per heavy atom. The van der Waals surface area contributed by atoms with E-state index in [4.69, 9.17) is 0 Å². The SMILES string of the molecule is CC(=O)CC(C)C(C)C(F)(F)F. The number of alkyl halides is 3. The van der Waals surface area contributed by atoms with E-state index < -0.39 is 18.0 Å². The lowest BCUT2D eigenvalue weighted by molar-refractivity contribution is -0.182. The van der Waals surface area contributed by atoms with Crippen molar-refractivity contribution >= 4 is 5.78 Å². The van der Waals surface area contributed by atoms with E-state index in [-0.39, 0.29) is 12.2 Å². The average Bonchev–Trinajstić information content (AvgIpc) is 1.82. The summed E-state index contributed by atoms with van der Waals surface area (Å²) >= 11 is 0. The van der Waals surface area contributed by atoms with E-state index in [2.05, 4.69) is 0 Å². The second-order valence-electron chi connectivity index (χ2n) is 3.21. The molecule has 4 heteroatoms. The number of halogens is 3. The summed E-state index contributed by atoms with van der Waals surface area (Å²) < 4.78 is 36.1. The van der Waals surface area contributed by atoms with Gasteiger partial charge in [0.15, 0.2) is 0 Å². The Morgan fingerprint density at radius 1 is 1.33 bits per heavy atom. The predicted octanol–water partition coefficient (Wildman–Crippen LogP) is 2.80. The molecule has 0 N–H and O–H groups in total. The highest BCUT2D eigenvalue weighted by molar-refractivity contribution is 5.75. The van der Waals surface area contributed by atoms with Crippen LogP contribution in [0.2, 0.25) is 0 Å². The van der Waals surface area contributed by atoms with Crippen molar-refractivity contribution in [1.82, 2.24) is 0 Å². The van der Waals surface area contributed by atoms with Crippen molar-refractivity contribution in [1.29, 1.82) is 0 Å². The lowest BCUT2D eigenvalue weighted by atomic mass is 9.91. The first-order chi connectivity index (χ1) is 5.25. The molecule has 2 unspecified atom stereocenters. The molecule has 1 nitrogen and oxygen atoms in total. The van der Waals surface area contributed by atoms with E-state index >= 15 is 0 Å². The molecule has 0 aliphatic heterocycles. The van der Waals surface area contributed by atoms with E-state index in [0.717, 1.165) is 6.92 Å². The van der Waals surface area contributed by atoms with Crippen LogP contribution in [0.3, 0.4) is 0 Å². The lowest BCUT2D eigenvalue weighted by Crippen LogP contribution is -2.27. The molecule has 12 heavy (non-hydrogen) atoms. The Bertz CT molecular complexity index is 162. The molecule has 0 aromatic rings. The zero-order chi connectivity index (χ0) is 9.94. The number of carbonyl (C=O) groups is 1. The fraction of sp³-hybridized carbons (Fsp3) is 0.875. The second kappa shape index (κ2) is 3.92. The molecule has 2 atom stereocenters. The van der Waals surface area contributed by atoms with E-state index in [0.29, 0.717) is 0 Å².